The number of carbonyl (C=O) groups excluding carboxylic acids is 1. The summed E-state index contributed by atoms with van der Waals surface area (Å²) in [6.07, 6.45) is 0.992. The first-order valence-corrected chi connectivity index (χ1v) is 9.98. The molecule has 1 aliphatic rings. The Morgan fingerprint density at radius 2 is 2.04 bits per heavy atom. The Labute approximate surface area is 158 Å². The standard InChI is InChI=1S/C20H26N2O3S/c1-2-16-5-7-17(8-6-16)25-15-20(23)21-14-18(19-4-3-13-26-19)22-9-11-24-12-10-22/h3-8,13,18H,2,9-12,14-15H2,1H3,(H,21,23)/t18-/m1/s1. The van der Waals surface area contributed by atoms with Gasteiger partial charge < -0.3 is 14.8 Å². The molecule has 1 saturated heterocycles. The van der Waals surface area contributed by atoms with Gasteiger partial charge in [0.1, 0.15) is 5.75 Å². The number of morpholine rings is 1. The van der Waals surface area contributed by atoms with Gasteiger partial charge in [-0.25, -0.2) is 0 Å². The topological polar surface area (TPSA) is 50.8 Å². The van der Waals surface area contributed by atoms with E-state index in [1.165, 1.54) is 10.4 Å². The van der Waals surface area contributed by atoms with Gasteiger partial charge in [0.2, 0.25) is 0 Å². The maximum atomic E-state index is 12.2. The number of carbonyl (C=O) groups is 1. The van der Waals surface area contributed by atoms with Gasteiger partial charge in [-0.2, -0.15) is 0 Å². The second-order valence-electron chi connectivity index (χ2n) is 6.27. The lowest BCUT2D eigenvalue weighted by Crippen LogP contribution is -2.44. The maximum Gasteiger partial charge on any atom is 0.258 e. The Balaban J connectivity index is 1.50. The van der Waals surface area contributed by atoms with Crippen molar-refractivity contribution in [1.82, 2.24) is 10.2 Å². The van der Waals surface area contributed by atoms with Crippen LogP contribution < -0.4 is 10.1 Å². The van der Waals surface area contributed by atoms with Crippen molar-refractivity contribution in [2.45, 2.75) is 19.4 Å². The number of thiophene rings is 1. The van der Waals surface area contributed by atoms with Crippen molar-refractivity contribution in [3.8, 4) is 5.75 Å². The van der Waals surface area contributed by atoms with E-state index in [1.54, 1.807) is 11.3 Å². The molecular formula is C20H26N2O3S. The van der Waals surface area contributed by atoms with Crippen LogP contribution in [0, 0.1) is 0 Å². The van der Waals surface area contributed by atoms with E-state index in [-0.39, 0.29) is 18.6 Å². The molecule has 1 aromatic carbocycles. The number of nitrogens with one attached hydrogen (secondary N) is 1. The van der Waals surface area contributed by atoms with Crippen molar-refractivity contribution in [2.24, 2.45) is 0 Å². The number of hydrogen-bond acceptors (Lipinski definition) is 5. The zero-order valence-corrected chi connectivity index (χ0v) is 16.0. The van der Waals surface area contributed by atoms with Crippen LogP contribution in [-0.4, -0.2) is 50.3 Å². The summed E-state index contributed by atoms with van der Waals surface area (Å²) in [5.74, 6) is 0.625. The van der Waals surface area contributed by atoms with Crippen LogP contribution in [0.2, 0.25) is 0 Å². The highest BCUT2D eigenvalue weighted by atomic mass is 32.1. The number of ether oxygens (including phenoxy) is 2. The van der Waals surface area contributed by atoms with E-state index in [0.717, 1.165) is 38.5 Å². The molecule has 1 aliphatic heterocycles. The second-order valence-corrected chi connectivity index (χ2v) is 7.25. The summed E-state index contributed by atoms with van der Waals surface area (Å²) >= 11 is 1.72. The maximum absolute atomic E-state index is 12.2. The molecule has 1 N–H and O–H groups in total. The van der Waals surface area contributed by atoms with Crippen LogP contribution in [0.15, 0.2) is 41.8 Å². The van der Waals surface area contributed by atoms with E-state index >= 15 is 0 Å². The lowest BCUT2D eigenvalue weighted by molar-refractivity contribution is -0.123. The average molecular weight is 375 g/mol. The fourth-order valence-electron chi connectivity index (χ4n) is 3.01. The van der Waals surface area contributed by atoms with E-state index in [1.807, 2.05) is 24.3 Å². The van der Waals surface area contributed by atoms with Crippen molar-refractivity contribution in [3.05, 3.63) is 52.2 Å². The molecule has 0 saturated carbocycles. The molecule has 0 spiro atoms. The minimum Gasteiger partial charge on any atom is -0.484 e. The Morgan fingerprint density at radius 3 is 2.69 bits per heavy atom. The monoisotopic (exact) mass is 374 g/mol. The van der Waals surface area contributed by atoms with Crippen LogP contribution in [0.4, 0.5) is 0 Å². The first-order valence-electron chi connectivity index (χ1n) is 9.10. The summed E-state index contributed by atoms with van der Waals surface area (Å²) in [5, 5.41) is 5.10. The van der Waals surface area contributed by atoms with Gasteiger partial charge in [0, 0.05) is 24.5 Å². The van der Waals surface area contributed by atoms with Gasteiger partial charge in [0.15, 0.2) is 6.61 Å². The summed E-state index contributed by atoms with van der Waals surface area (Å²) in [6.45, 7) is 5.99. The predicted molar refractivity (Wildman–Crippen MR) is 104 cm³/mol. The number of rotatable bonds is 8. The van der Waals surface area contributed by atoms with Gasteiger partial charge in [-0.1, -0.05) is 25.1 Å². The molecule has 2 heterocycles. The smallest absolute Gasteiger partial charge is 0.258 e. The fraction of sp³-hybridized carbons (Fsp3) is 0.450. The van der Waals surface area contributed by atoms with Crippen molar-refractivity contribution >= 4 is 17.2 Å². The van der Waals surface area contributed by atoms with E-state index in [4.69, 9.17) is 9.47 Å². The molecule has 0 radical (unpaired) electrons. The van der Waals surface area contributed by atoms with Crippen LogP contribution >= 0.6 is 11.3 Å². The molecule has 1 atom stereocenters. The predicted octanol–water partition coefficient (Wildman–Crippen LogP) is 2.88. The highest BCUT2D eigenvalue weighted by molar-refractivity contribution is 7.10. The zero-order valence-electron chi connectivity index (χ0n) is 15.1. The number of amides is 1. The Bertz CT molecular complexity index is 667. The first kappa shape index (κ1) is 18.9. The van der Waals surface area contributed by atoms with Gasteiger partial charge in [-0.05, 0) is 35.6 Å². The lowest BCUT2D eigenvalue weighted by Gasteiger charge is -2.34. The van der Waals surface area contributed by atoms with E-state index < -0.39 is 0 Å². The number of aryl methyl sites for hydroxylation is 1. The molecule has 0 bridgehead atoms. The van der Waals surface area contributed by atoms with E-state index in [2.05, 4.69) is 34.7 Å². The van der Waals surface area contributed by atoms with Crippen molar-refractivity contribution < 1.29 is 14.3 Å². The van der Waals surface area contributed by atoms with E-state index in [0.29, 0.717) is 6.54 Å². The summed E-state index contributed by atoms with van der Waals surface area (Å²) < 4.78 is 11.0. The molecule has 1 fully saturated rings. The van der Waals surface area contributed by atoms with Crippen LogP contribution in [0.1, 0.15) is 23.4 Å². The summed E-state index contributed by atoms with van der Waals surface area (Å²) in [7, 11) is 0. The lowest BCUT2D eigenvalue weighted by atomic mass is 10.2. The third-order valence-electron chi connectivity index (χ3n) is 4.55. The highest BCUT2D eigenvalue weighted by Crippen LogP contribution is 2.25. The molecule has 6 heteroatoms. The molecule has 0 aliphatic carbocycles. The SMILES string of the molecule is CCc1ccc(OCC(=O)NC[C@H](c2cccs2)N2CCOCC2)cc1. The fourth-order valence-corrected chi connectivity index (χ4v) is 3.87. The molecule has 5 nitrogen and oxygen atoms in total. The first-order chi connectivity index (χ1) is 12.8. The van der Waals surface area contributed by atoms with Crippen LogP contribution in [-0.2, 0) is 16.0 Å². The minimum absolute atomic E-state index is 0.0335. The molecule has 1 aromatic heterocycles. The van der Waals surface area contributed by atoms with E-state index in [9.17, 15) is 4.79 Å². The molecule has 3 rings (SSSR count). The summed E-state index contributed by atoms with van der Waals surface area (Å²) in [6, 6.07) is 12.2. The van der Waals surface area contributed by atoms with Gasteiger partial charge in [-0.3, -0.25) is 9.69 Å². The van der Waals surface area contributed by atoms with Crippen molar-refractivity contribution in [3.63, 3.8) is 0 Å². The Hall–Kier alpha value is -1.89. The Morgan fingerprint density at radius 1 is 1.27 bits per heavy atom. The highest BCUT2D eigenvalue weighted by Gasteiger charge is 2.23. The molecule has 26 heavy (non-hydrogen) atoms. The molecule has 1 amide bonds. The largest absolute Gasteiger partial charge is 0.484 e. The van der Waals surface area contributed by atoms with Crippen LogP contribution in [0.5, 0.6) is 5.75 Å². The number of nitrogens with zero attached hydrogens (tertiary/aromatic N) is 1. The quantitative estimate of drug-likeness (QED) is 0.772. The second kappa shape index (κ2) is 9.71. The average Bonchev–Trinajstić information content (AvgIpc) is 3.22. The van der Waals surface area contributed by atoms with Crippen LogP contribution in [0.25, 0.3) is 0 Å². The number of hydrogen-bond donors (Lipinski definition) is 1. The van der Waals surface area contributed by atoms with Gasteiger partial charge in [0.05, 0.1) is 19.3 Å². The van der Waals surface area contributed by atoms with Crippen molar-refractivity contribution in [1.29, 1.82) is 0 Å². The minimum atomic E-state index is -0.0978. The van der Waals surface area contributed by atoms with Gasteiger partial charge in [-0.15, -0.1) is 11.3 Å². The third kappa shape index (κ3) is 5.30. The third-order valence-corrected chi connectivity index (χ3v) is 5.53. The molecule has 140 valence electrons. The molecule has 2 aromatic rings. The van der Waals surface area contributed by atoms with Crippen molar-refractivity contribution in [2.75, 3.05) is 39.5 Å². The van der Waals surface area contributed by atoms with Gasteiger partial charge >= 0.3 is 0 Å². The van der Waals surface area contributed by atoms with Crippen LogP contribution in [0.3, 0.4) is 0 Å². The zero-order chi connectivity index (χ0) is 18.2. The number of benzene rings is 1. The summed E-state index contributed by atoms with van der Waals surface area (Å²) in [5.41, 5.74) is 1.26. The van der Waals surface area contributed by atoms with Gasteiger partial charge in [0.25, 0.3) is 5.91 Å². The molecular weight excluding hydrogens is 348 g/mol. The molecule has 0 unspecified atom stereocenters. The Kier molecular flexibility index (Phi) is 7.05. The normalized spacial score (nSPS) is 16.2. The summed E-state index contributed by atoms with van der Waals surface area (Å²) in [4.78, 5) is 15.9.